The third kappa shape index (κ3) is 4.97. The third-order valence-electron chi connectivity index (χ3n) is 3.43. The van der Waals surface area contributed by atoms with E-state index in [0.717, 1.165) is 24.5 Å². The zero-order valence-electron chi connectivity index (χ0n) is 13.2. The van der Waals surface area contributed by atoms with Gasteiger partial charge in [0.05, 0.1) is 5.60 Å². The number of amides is 1. The zero-order valence-corrected chi connectivity index (χ0v) is 14.0. The lowest BCUT2D eigenvalue weighted by atomic mass is 9.94. The van der Waals surface area contributed by atoms with Gasteiger partial charge in [0.2, 0.25) is 0 Å². The Morgan fingerprint density at radius 3 is 3.00 bits per heavy atom. The highest BCUT2D eigenvalue weighted by atomic mass is 32.1. The summed E-state index contributed by atoms with van der Waals surface area (Å²) >= 11 is 1.47. The van der Waals surface area contributed by atoms with Gasteiger partial charge in [-0.2, -0.15) is 0 Å². The van der Waals surface area contributed by atoms with E-state index in [9.17, 15) is 4.79 Å². The molecule has 118 valence electrons. The first-order valence-electron chi connectivity index (χ1n) is 7.50. The van der Waals surface area contributed by atoms with Crippen molar-refractivity contribution < 1.29 is 9.53 Å². The standard InChI is InChI=1S/C15H25N3O2S/c1-10(2)8-16-14-18-12(9-21-14)13(19)17-11-5-6-20-15(3,4)7-11/h9-11H,5-8H2,1-4H3,(H,16,18)(H,17,19). The van der Waals surface area contributed by atoms with Crippen molar-refractivity contribution in [1.82, 2.24) is 10.3 Å². The number of anilines is 1. The van der Waals surface area contributed by atoms with Crippen LogP contribution in [-0.4, -0.2) is 35.7 Å². The summed E-state index contributed by atoms with van der Waals surface area (Å²) in [4.78, 5) is 16.6. The molecule has 1 amide bonds. The second kappa shape index (κ2) is 6.75. The molecule has 1 unspecified atom stereocenters. The number of nitrogens with zero attached hydrogens (tertiary/aromatic N) is 1. The summed E-state index contributed by atoms with van der Waals surface area (Å²) in [7, 11) is 0. The Kier molecular flexibility index (Phi) is 5.22. The molecule has 2 N–H and O–H groups in total. The normalized spacial score (nSPS) is 21.3. The minimum absolute atomic E-state index is 0.0912. The lowest BCUT2D eigenvalue weighted by Gasteiger charge is -2.35. The monoisotopic (exact) mass is 311 g/mol. The van der Waals surface area contributed by atoms with E-state index in [1.807, 2.05) is 5.38 Å². The molecule has 6 heteroatoms. The summed E-state index contributed by atoms with van der Waals surface area (Å²) < 4.78 is 5.67. The summed E-state index contributed by atoms with van der Waals surface area (Å²) in [5.74, 6) is 0.460. The Bertz CT molecular complexity index is 485. The van der Waals surface area contributed by atoms with E-state index in [1.54, 1.807) is 0 Å². The van der Waals surface area contributed by atoms with Crippen LogP contribution in [0.15, 0.2) is 5.38 Å². The van der Waals surface area contributed by atoms with E-state index >= 15 is 0 Å². The van der Waals surface area contributed by atoms with Crippen LogP contribution in [0.3, 0.4) is 0 Å². The number of hydrogen-bond donors (Lipinski definition) is 2. The molecule has 1 aromatic heterocycles. The van der Waals surface area contributed by atoms with Gasteiger partial charge in [-0.1, -0.05) is 13.8 Å². The molecule has 5 nitrogen and oxygen atoms in total. The van der Waals surface area contributed by atoms with Gasteiger partial charge in [0.1, 0.15) is 5.69 Å². The van der Waals surface area contributed by atoms with Gasteiger partial charge in [0.15, 0.2) is 5.13 Å². The Labute approximate surface area is 130 Å². The molecule has 1 aliphatic rings. The smallest absolute Gasteiger partial charge is 0.271 e. The largest absolute Gasteiger partial charge is 0.375 e. The van der Waals surface area contributed by atoms with Gasteiger partial charge < -0.3 is 15.4 Å². The fourth-order valence-electron chi connectivity index (χ4n) is 2.37. The van der Waals surface area contributed by atoms with Gasteiger partial charge >= 0.3 is 0 Å². The number of aromatic nitrogens is 1. The van der Waals surface area contributed by atoms with E-state index in [4.69, 9.17) is 4.74 Å². The van der Waals surface area contributed by atoms with Gasteiger partial charge in [-0.05, 0) is 32.6 Å². The quantitative estimate of drug-likeness (QED) is 0.877. The molecule has 0 spiro atoms. The minimum Gasteiger partial charge on any atom is -0.375 e. The van der Waals surface area contributed by atoms with Gasteiger partial charge in [-0.3, -0.25) is 4.79 Å². The SMILES string of the molecule is CC(C)CNc1nc(C(=O)NC2CCOC(C)(C)C2)cs1. The molecule has 1 fully saturated rings. The second-order valence-corrected chi connectivity index (χ2v) is 7.44. The number of ether oxygens (including phenoxy) is 1. The summed E-state index contributed by atoms with van der Waals surface area (Å²) in [6, 6.07) is 0.162. The third-order valence-corrected chi connectivity index (χ3v) is 4.23. The molecule has 1 atom stereocenters. The van der Waals surface area contributed by atoms with Crippen molar-refractivity contribution in [2.24, 2.45) is 5.92 Å². The molecule has 0 bridgehead atoms. The Morgan fingerprint density at radius 2 is 2.33 bits per heavy atom. The predicted molar refractivity (Wildman–Crippen MR) is 86.0 cm³/mol. The van der Waals surface area contributed by atoms with Crippen LogP contribution in [0.2, 0.25) is 0 Å². The summed E-state index contributed by atoms with van der Waals surface area (Å²) in [5.41, 5.74) is 0.331. The molecule has 2 rings (SSSR count). The number of carbonyl (C=O) groups is 1. The van der Waals surface area contributed by atoms with Gasteiger partial charge in [0.25, 0.3) is 5.91 Å². The van der Waals surface area contributed by atoms with Crippen molar-refractivity contribution in [3.05, 3.63) is 11.1 Å². The molecule has 1 aliphatic heterocycles. The Balaban J connectivity index is 1.88. The average molecular weight is 311 g/mol. The van der Waals surface area contributed by atoms with E-state index in [0.29, 0.717) is 18.2 Å². The first-order chi connectivity index (χ1) is 9.85. The molecule has 0 aromatic carbocycles. The van der Waals surface area contributed by atoms with Crippen molar-refractivity contribution >= 4 is 22.4 Å². The van der Waals surface area contributed by atoms with Crippen molar-refractivity contribution in [2.45, 2.75) is 52.2 Å². The Hall–Kier alpha value is -1.14. The van der Waals surface area contributed by atoms with Crippen molar-refractivity contribution in [2.75, 3.05) is 18.5 Å². The van der Waals surface area contributed by atoms with Crippen molar-refractivity contribution in [1.29, 1.82) is 0 Å². The molecule has 21 heavy (non-hydrogen) atoms. The molecule has 0 saturated carbocycles. The number of hydrogen-bond acceptors (Lipinski definition) is 5. The maximum absolute atomic E-state index is 12.2. The van der Waals surface area contributed by atoms with Gasteiger partial charge in [0, 0.05) is 24.6 Å². The van der Waals surface area contributed by atoms with Crippen molar-refractivity contribution in [3.63, 3.8) is 0 Å². The lowest BCUT2D eigenvalue weighted by molar-refractivity contribution is -0.0615. The number of thiazole rings is 1. The molecular weight excluding hydrogens is 286 g/mol. The van der Waals surface area contributed by atoms with E-state index in [-0.39, 0.29) is 17.6 Å². The molecule has 0 radical (unpaired) electrons. The fourth-order valence-corrected chi connectivity index (χ4v) is 3.07. The van der Waals surface area contributed by atoms with Crippen LogP contribution < -0.4 is 10.6 Å². The molecule has 0 aliphatic carbocycles. The van der Waals surface area contributed by atoms with Crippen LogP contribution in [-0.2, 0) is 4.74 Å². The number of nitrogens with one attached hydrogen (secondary N) is 2. The maximum atomic E-state index is 12.2. The molecule has 1 aromatic rings. The Morgan fingerprint density at radius 1 is 1.57 bits per heavy atom. The highest BCUT2D eigenvalue weighted by molar-refractivity contribution is 7.13. The molecule has 2 heterocycles. The van der Waals surface area contributed by atoms with Crippen LogP contribution in [0.1, 0.15) is 51.0 Å². The first-order valence-corrected chi connectivity index (χ1v) is 8.38. The molecular formula is C15H25N3O2S. The van der Waals surface area contributed by atoms with Crippen LogP contribution in [0.5, 0.6) is 0 Å². The lowest BCUT2D eigenvalue weighted by Crippen LogP contribution is -2.45. The molecule has 1 saturated heterocycles. The van der Waals surface area contributed by atoms with Crippen LogP contribution >= 0.6 is 11.3 Å². The highest BCUT2D eigenvalue weighted by Crippen LogP contribution is 2.24. The van der Waals surface area contributed by atoms with E-state index in [1.165, 1.54) is 11.3 Å². The van der Waals surface area contributed by atoms with Gasteiger partial charge in [-0.25, -0.2) is 4.98 Å². The highest BCUT2D eigenvalue weighted by Gasteiger charge is 2.30. The first kappa shape index (κ1) is 16.2. The van der Waals surface area contributed by atoms with E-state index in [2.05, 4.69) is 43.3 Å². The topological polar surface area (TPSA) is 63.2 Å². The minimum atomic E-state index is -0.164. The van der Waals surface area contributed by atoms with Crippen LogP contribution in [0, 0.1) is 5.92 Å². The average Bonchev–Trinajstić information content (AvgIpc) is 2.84. The summed E-state index contributed by atoms with van der Waals surface area (Å²) in [5, 5.41) is 8.92. The van der Waals surface area contributed by atoms with Crippen molar-refractivity contribution in [3.8, 4) is 0 Å². The number of rotatable bonds is 5. The van der Waals surface area contributed by atoms with Crippen LogP contribution in [0.4, 0.5) is 5.13 Å². The predicted octanol–water partition coefficient (Wildman–Crippen LogP) is 2.90. The zero-order chi connectivity index (χ0) is 15.5. The summed E-state index contributed by atoms with van der Waals surface area (Å²) in [6.45, 7) is 9.95. The van der Waals surface area contributed by atoms with Crippen LogP contribution in [0.25, 0.3) is 0 Å². The fraction of sp³-hybridized carbons (Fsp3) is 0.733. The number of carbonyl (C=O) groups excluding carboxylic acids is 1. The summed E-state index contributed by atoms with van der Waals surface area (Å²) in [6.07, 6.45) is 1.69. The van der Waals surface area contributed by atoms with E-state index < -0.39 is 0 Å². The second-order valence-electron chi connectivity index (χ2n) is 6.58. The maximum Gasteiger partial charge on any atom is 0.271 e. The van der Waals surface area contributed by atoms with Gasteiger partial charge in [-0.15, -0.1) is 11.3 Å².